The fourth-order valence-electron chi connectivity index (χ4n) is 2.72. The Morgan fingerprint density at radius 1 is 0.676 bits per heavy atom. The van der Waals surface area contributed by atoms with Gasteiger partial charge in [0.1, 0.15) is 11.5 Å². The van der Waals surface area contributed by atoms with Gasteiger partial charge in [-0.05, 0) is 38.1 Å². The SMILES string of the molecule is Cc1ccc(OCC(=O)N/N=C/c2ccccc2/C=N/NC(=O)COc2ccc(C)cc2)cc1. The van der Waals surface area contributed by atoms with Crippen LogP contribution in [0, 0.1) is 13.8 Å². The lowest BCUT2D eigenvalue weighted by atomic mass is 10.1. The third-order valence-corrected chi connectivity index (χ3v) is 4.56. The first-order valence-corrected chi connectivity index (χ1v) is 10.6. The number of carbonyl (C=O) groups is 2. The highest BCUT2D eigenvalue weighted by Gasteiger charge is 2.03. The zero-order chi connectivity index (χ0) is 24.2. The Labute approximate surface area is 198 Å². The van der Waals surface area contributed by atoms with Gasteiger partial charge in [-0.1, -0.05) is 59.7 Å². The van der Waals surface area contributed by atoms with E-state index in [9.17, 15) is 9.59 Å². The van der Waals surface area contributed by atoms with Crippen LogP contribution in [0.3, 0.4) is 0 Å². The van der Waals surface area contributed by atoms with E-state index in [1.165, 1.54) is 12.4 Å². The first-order valence-electron chi connectivity index (χ1n) is 10.6. The van der Waals surface area contributed by atoms with Gasteiger partial charge >= 0.3 is 0 Å². The third kappa shape index (κ3) is 8.23. The summed E-state index contributed by atoms with van der Waals surface area (Å²) in [6, 6.07) is 22.1. The molecule has 8 heteroatoms. The van der Waals surface area contributed by atoms with Crippen LogP contribution in [-0.2, 0) is 9.59 Å². The predicted molar refractivity (Wildman–Crippen MR) is 131 cm³/mol. The quantitative estimate of drug-likeness (QED) is 0.359. The first-order chi connectivity index (χ1) is 16.5. The molecule has 0 unspecified atom stereocenters. The van der Waals surface area contributed by atoms with E-state index in [1.54, 1.807) is 24.3 Å². The number of carbonyl (C=O) groups excluding carboxylic acids is 2. The van der Waals surface area contributed by atoms with E-state index >= 15 is 0 Å². The summed E-state index contributed by atoms with van der Waals surface area (Å²) in [6.45, 7) is 3.64. The largest absolute Gasteiger partial charge is 0.484 e. The number of rotatable bonds is 10. The molecule has 2 amide bonds. The van der Waals surface area contributed by atoms with Crippen LogP contribution in [0.2, 0.25) is 0 Å². The number of aryl methyl sites for hydroxylation is 2. The molecular formula is C26H26N4O4. The van der Waals surface area contributed by atoms with E-state index in [-0.39, 0.29) is 25.0 Å². The second kappa shape index (κ2) is 12.5. The Bertz CT molecular complexity index is 1060. The fraction of sp³-hybridized carbons (Fsp3) is 0.154. The van der Waals surface area contributed by atoms with Gasteiger partial charge in [0.05, 0.1) is 12.4 Å². The molecule has 3 rings (SSSR count). The van der Waals surface area contributed by atoms with E-state index in [0.29, 0.717) is 22.6 Å². The average Bonchev–Trinajstić information content (AvgIpc) is 2.84. The van der Waals surface area contributed by atoms with E-state index < -0.39 is 0 Å². The predicted octanol–water partition coefficient (Wildman–Crippen LogP) is 3.36. The summed E-state index contributed by atoms with van der Waals surface area (Å²) < 4.78 is 10.8. The average molecular weight is 459 g/mol. The highest BCUT2D eigenvalue weighted by molar-refractivity contribution is 5.95. The van der Waals surface area contributed by atoms with Crippen LogP contribution in [0.25, 0.3) is 0 Å². The van der Waals surface area contributed by atoms with E-state index in [2.05, 4.69) is 21.1 Å². The van der Waals surface area contributed by atoms with Gasteiger partial charge in [0, 0.05) is 11.1 Å². The van der Waals surface area contributed by atoms with E-state index in [4.69, 9.17) is 9.47 Å². The molecule has 0 aliphatic rings. The monoisotopic (exact) mass is 458 g/mol. The molecule has 0 atom stereocenters. The van der Waals surface area contributed by atoms with E-state index in [1.807, 2.05) is 62.4 Å². The van der Waals surface area contributed by atoms with Gasteiger partial charge in [-0.15, -0.1) is 0 Å². The molecule has 0 aliphatic heterocycles. The smallest absolute Gasteiger partial charge is 0.277 e. The van der Waals surface area contributed by atoms with Crippen molar-refractivity contribution in [2.45, 2.75) is 13.8 Å². The molecule has 0 saturated carbocycles. The Kier molecular flexibility index (Phi) is 8.92. The molecule has 0 fully saturated rings. The fourth-order valence-corrected chi connectivity index (χ4v) is 2.72. The van der Waals surface area contributed by atoms with Crippen LogP contribution >= 0.6 is 0 Å². The van der Waals surface area contributed by atoms with Crippen molar-refractivity contribution in [3.05, 3.63) is 95.1 Å². The normalized spacial score (nSPS) is 10.9. The second-order valence-electron chi connectivity index (χ2n) is 7.42. The Morgan fingerprint density at radius 3 is 1.44 bits per heavy atom. The molecule has 0 aliphatic carbocycles. The lowest BCUT2D eigenvalue weighted by Crippen LogP contribution is -2.25. The minimum Gasteiger partial charge on any atom is -0.484 e. The minimum atomic E-state index is -0.385. The summed E-state index contributed by atoms with van der Waals surface area (Å²) in [5, 5.41) is 7.93. The van der Waals surface area contributed by atoms with Gasteiger partial charge in [-0.2, -0.15) is 10.2 Å². The summed E-state index contributed by atoms with van der Waals surface area (Å²) >= 11 is 0. The van der Waals surface area contributed by atoms with Crippen LogP contribution in [0.15, 0.2) is 83.0 Å². The van der Waals surface area contributed by atoms with Crippen molar-refractivity contribution in [2.75, 3.05) is 13.2 Å². The van der Waals surface area contributed by atoms with Crippen molar-refractivity contribution < 1.29 is 19.1 Å². The second-order valence-corrected chi connectivity index (χ2v) is 7.42. The molecule has 0 aromatic heterocycles. The molecule has 0 saturated heterocycles. The van der Waals surface area contributed by atoms with Crippen molar-refractivity contribution in [1.29, 1.82) is 0 Å². The van der Waals surface area contributed by atoms with Crippen LogP contribution < -0.4 is 20.3 Å². The lowest BCUT2D eigenvalue weighted by molar-refractivity contribution is -0.123. The zero-order valence-corrected chi connectivity index (χ0v) is 19.0. The van der Waals surface area contributed by atoms with Gasteiger partial charge < -0.3 is 9.47 Å². The van der Waals surface area contributed by atoms with Gasteiger partial charge in [0.25, 0.3) is 11.8 Å². The number of benzene rings is 3. The maximum atomic E-state index is 12.0. The van der Waals surface area contributed by atoms with Gasteiger partial charge in [-0.25, -0.2) is 10.9 Å². The maximum absolute atomic E-state index is 12.0. The Balaban J connectivity index is 1.45. The molecule has 0 radical (unpaired) electrons. The van der Waals surface area contributed by atoms with Crippen LogP contribution in [0.5, 0.6) is 11.5 Å². The summed E-state index contributed by atoms with van der Waals surface area (Å²) in [7, 11) is 0. The van der Waals surface area contributed by atoms with Crippen molar-refractivity contribution >= 4 is 24.2 Å². The summed E-state index contributed by atoms with van der Waals surface area (Å²) in [4.78, 5) is 23.9. The minimum absolute atomic E-state index is 0.153. The van der Waals surface area contributed by atoms with Gasteiger partial charge in [0.15, 0.2) is 13.2 Å². The van der Waals surface area contributed by atoms with E-state index in [0.717, 1.165) is 11.1 Å². The molecule has 8 nitrogen and oxygen atoms in total. The van der Waals surface area contributed by atoms with Crippen LogP contribution in [0.4, 0.5) is 0 Å². The molecule has 2 N–H and O–H groups in total. The Morgan fingerprint density at radius 2 is 1.06 bits per heavy atom. The summed E-state index contributed by atoms with van der Waals surface area (Å²) in [5.74, 6) is 0.447. The van der Waals surface area contributed by atoms with Crippen molar-refractivity contribution in [3.8, 4) is 11.5 Å². The summed E-state index contributed by atoms with van der Waals surface area (Å²) in [5.41, 5.74) is 8.48. The molecule has 0 spiro atoms. The maximum Gasteiger partial charge on any atom is 0.277 e. The molecule has 0 bridgehead atoms. The molecular weight excluding hydrogens is 432 g/mol. The van der Waals surface area contributed by atoms with Gasteiger partial charge in [-0.3, -0.25) is 9.59 Å². The number of nitrogens with one attached hydrogen (secondary N) is 2. The third-order valence-electron chi connectivity index (χ3n) is 4.56. The first kappa shape index (κ1) is 24.2. The summed E-state index contributed by atoms with van der Waals surface area (Å²) in [6.07, 6.45) is 2.99. The number of hydrogen-bond acceptors (Lipinski definition) is 6. The Hall–Kier alpha value is -4.46. The molecule has 34 heavy (non-hydrogen) atoms. The number of amides is 2. The standard InChI is InChI=1S/C26H26N4O4/c1-19-7-11-23(12-8-19)33-17-25(31)29-27-15-21-5-3-4-6-22(21)16-28-30-26(32)18-34-24-13-9-20(2)10-14-24/h3-16H,17-18H2,1-2H3,(H,29,31)(H,30,32)/b27-15+,28-16+. The number of hydrazone groups is 2. The van der Waals surface area contributed by atoms with Crippen molar-refractivity contribution in [1.82, 2.24) is 10.9 Å². The van der Waals surface area contributed by atoms with Crippen LogP contribution in [0.1, 0.15) is 22.3 Å². The van der Waals surface area contributed by atoms with Gasteiger partial charge in [0.2, 0.25) is 0 Å². The molecule has 174 valence electrons. The number of ether oxygens (including phenoxy) is 2. The molecule has 0 heterocycles. The van der Waals surface area contributed by atoms with Crippen LogP contribution in [-0.4, -0.2) is 37.5 Å². The molecule has 3 aromatic carbocycles. The number of nitrogens with zero attached hydrogens (tertiary/aromatic N) is 2. The van der Waals surface area contributed by atoms with Crippen molar-refractivity contribution in [3.63, 3.8) is 0 Å². The molecule has 3 aromatic rings. The zero-order valence-electron chi connectivity index (χ0n) is 19.0. The lowest BCUT2D eigenvalue weighted by Gasteiger charge is -2.05. The highest BCUT2D eigenvalue weighted by Crippen LogP contribution is 2.12. The van der Waals surface area contributed by atoms with Crippen molar-refractivity contribution in [2.24, 2.45) is 10.2 Å². The topological polar surface area (TPSA) is 101 Å². The number of hydrogen-bond donors (Lipinski definition) is 2. The highest BCUT2D eigenvalue weighted by atomic mass is 16.5.